The van der Waals surface area contributed by atoms with Gasteiger partial charge in [0, 0.05) is 25.5 Å². The van der Waals surface area contributed by atoms with Crippen LogP contribution in [0.4, 0.5) is 0 Å². The lowest BCUT2D eigenvalue weighted by molar-refractivity contribution is 0.363. The molecule has 1 aromatic carbocycles. The van der Waals surface area contributed by atoms with E-state index >= 15 is 0 Å². The second-order valence-corrected chi connectivity index (χ2v) is 8.39. The van der Waals surface area contributed by atoms with E-state index in [9.17, 15) is 0 Å². The van der Waals surface area contributed by atoms with Gasteiger partial charge in [-0.2, -0.15) is 0 Å². The van der Waals surface area contributed by atoms with E-state index in [1.54, 1.807) is 0 Å². The molecular formula is C27H40N2. The molecule has 0 N–H and O–H groups in total. The first-order valence-corrected chi connectivity index (χ1v) is 11.5. The number of rotatable bonds is 15. The number of allylic oxidation sites excluding steroid dienone is 1. The maximum atomic E-state index is 4.23. The molecule has 2 aromatic rings. The van der Waals surface area contributed by atoms with E-state index in [4.69, 9.17) is 0 Å². The standard InChI is InChI=1S/C27H40N2/c1-25(27-20-16-21-28-23-27)17-12-9-7-5-3-4-6-8-10-15-22-29(2)24-26-18-13-11-14-19-26/h10-11,13-16,18-21,23,25H,3-9,12,17,22,24H2,1-2H3/b15-10+. The van der Waals surface area contributed by atoms with Gasteiger partial charge in [0.15, 0.2) is 0 Å². The van der Waals surface area contributed by atoms with Crippen LogP contribution in [0.15, 0.2) is 67.0 Å². The number of benzene rings is 1. The third-order valence-electron chi connectivity index (χ3n) is 5.64. The highest BCUT2D eigenvalue weighted by molar-refractivity contribution is 5.14. The minimum Gasteiger partial charge on any atom is -0.298 e. The molecule has 1 heterocycles. The van der Waals surface area contributed by atoms with Crippen molar-refractivity contribution in [3.05, 3.63) is 78.1 Å². The fourth-order valence-corrected chi connectivity index (χ4v) is 3.76. The van der Waals surface area contributed by atoms with Gasteiger partial charge in [0.1, 0.15) is 0 Å². The van der Waals surface area contributed by atoms with E-state index in [0.29, 0.717) is 5.92 Å². The summed E-state index contributed by atoms with van der Waals surface area (Å²) in [6.07, 6.45) is 20.7. The van der Waals surface area contributed by atoms with E-state index in [0.717, 1.165) is 13.1 Å². The summed E-state index contributed by atoms with van der Waals surface area (Å²) >= 11 is 0. The highest BCUT2D eigenvalue weighted by Crippen LogP contribution is 2.21. The Bertz CT molecular complexity index is 651. The molecule has 0 aliphatic rings. The zero-order chi connectivity index (χ0) is 20.6. The molecule has 0 saturated carbocycles. The van der Waals surface area contributed by atoms with Crippen LogP contribution in [0.1, 0.15) is 81.8 Å². The molecule has 1 atom stereocenters. The van der Waals surface area contributed by atoms with Crippen LogP contribution in [0.5, 0.6) is 0 Å². The summed E-state index contributed by atoms with van der Waals surface area (Å²) in [5.74, 6) is 0.641. The first-order chi connectivity index (χ1) is 14.3. The average molecular weight is 393 g/mol. The Morgan fingerprint density at radius 1 is 0.862 bits per heavy atom. The van der Waals surface area contributed by atoms with Crippen molar-refractivity contribution in [2.75, 3.05) is 13.6 Å². The Labute approximate surface area is 179 Å². The topological polar surface area (TPSA) is 16.1 Å². The lowest BCUT2D eigenvalue weighted by atomic mass is 9.96. The average Bonchev–Trinajstić information content (AvgIpc) is 2.75. The van der Waals surface area contributed by atoms with Gasteiger partial charge in [-0.3, -0.25) is 9.88 Å². The van der Waals surface area contributed by atoms with Crippen molar-refractivity contribution in [1.29, 1.82) is 0 Å². The lowest BCUT2D eigenvalue weighted by Gasteiger charge is -2.14. The second kappa shape index (κ2) is 15.0. The number of likely N-dealkylation sites (N-methyl/N-ethyl adjacent to an activating group) is 1. The van der Waals surface area contributed by atoms with Gasteiger partial charge in [-0.25, -0.2) is 0 Å². The molecule has 1 unspecified atom stereocenters. The van der Waals surface area contributed by atoms with Crippen LogP contribution < -0.4 is 0 Å². The van der Waals surface area contributed by atoms with Crippen molar-refractivity contribution in [3.8, 4) is 0 Å². The highest BCUT2D eigenvalue weighted by atomic mass is 15.1. The van der Waals surface area contributed by atoms with Gasteiger partial charge in [0.05, 0.1) is 0 Å². The summed E-state index contributed by atoms with van der Waals surface area (Å²) in [6.45, 7) is 4.38. The zero-order valence-electron chi connectivity index (χ0n) is 18.6. The molecule has 0 aliphatic heterocycles. The van der Waals surface area contributed by atoms with Crippen LogP contribution in [-0.2, 0) is 6.54 Å². The summed E-state index contributed by atoms with van der Waals surface area (Å²) in [4.78, 5) is 6.59. The van der Waals surface area contributed by atoms with Crippen molar-refractivity contribution in [2.24, 2.45) is 0 Å². The van der Waals surface area contributed by atoms with E-state index in [1.807, 2.05) is 18.5 Å². The van der Waals surface area contributed by atoms with Gasteiger partial charge in [-0.15, -0.1) is 0 Å². The molecule has 2 nitrogen and oxygen atoms in total. The van der Waals surface area contributed by atoms with E-state index < -0.39 is 0 Å². The number of pyridine rings is 1. The van der Waals surface area contributed by atoms with Crippen molar-refractivity contribution in [1.82, 2.24) is 9.88 Å². The first kappa shape index (κ1) is 23.3. The number of hydrogen-bond acceptors (Lipinski definition) is 2. The maximum absolute atomic E-state index is 4.23. The Kier molecular flexibility index (Phi) is 12.1. The van der Waals surface area contributed by atoms with Crippen LogP contribution in [0.2, 0.25) is 0 Å². The Hall–Kier alpha value is -1.93. The molecule has 2 heteroatoms. The zero-order valence-corrected chi connectivity index (χ0v) is 18.6. The highest BCUT2D eigenvalue weighted by Gasteiger charge is 2.04. The van der Waals surface area contributed by atoms with Crippen LogP contribution in [0.25, 0.3) is 0 Å². The Balaban J connectivity index is 1.38. The smallest absolute Gasteiger partial charge is 0.0302 e. The molecule has 2 rings (SSSR count). The molecule has 0 amide bonds. The lowest BCUT2D eigenvalue weighted by Crippen LogP contribution is -2.17. The summed E-state index contributed by atoms with van der Waals surface area (Å²) in [5, 5.41) is 0. The number of unbranched alkanes of at least 4 members (excludes halogenated alkanes) is 7. The third-order valence-corrected chi connectivity index (χ3v) is 5.64. The fraction of sp³-hybridized carbons (Fsp3) is 0.519. The summed E-state index contributed by atoms with van der Waals surface area (Å²) in [7, 11) is 2.19. The SMILES string of the molecule is CC(CCCCCCCCC/C=C/CN(C)Cc1ccccc1)c1cccnc1. The predicted octanol–water partition coefficient (Wildman–Crippen LogP) is 7.38. The Morgan fingerprint density at radius 2 is 1.59 bits per heavy atom. The minimum atomic E-state index is 0.641. The van der Waals surface area contributed by atoms with Crippen molar-refractivity contribution >= 4 is 0 Å². The van der Waals surface area contributed by atoms with Gasteiger partial charge < -0.3 is 0 Å². The van der Waals surface area contributed by atoms with Crippen molar-refractivity contribution < 1.29 is 0 Å². The van der Waals surface area contributed by atoms with E-state index in [1.165, 1.54) is 68.9 Å². The number of nitrogens with zero attached hydrogens (tertiary/aromatic N) is 2. The second-order valence-electron chi connectivity index (χ2n) is 8.39. The molecule has 0 saturated heterocycles. The largest absolute Gasteiger partial charge is 0.298 e. The Morgan fingerprint density at radius 3 is 2.31 bits per heavy atom. The van der Waals surface area contributed by atoms with E-state index in [-0.39, 0.29) is 0 Å². The molecule has 1 aromatic heterocycles. The van der Waals surface area contributed by atoms with E-state index in [2.05, 4.69) is 72.4 Å². The van der Waals surface area contributed by atoms with Gasteiger partial charge in [-0.05, 0) is 49.4 Å². The molecule has 0 aliphatic carbocycles. The maximum Gasteiger partial charge on any atom is 0.0302 e. The van der Waals surface area contributed by atoms with Gasteiger partial charge in [0.2, 0.25) is 0 Å². The normalized spacial score (nSPS) is 12.7. The molecule has 29 heavy (non-hydrogen) atoms. The van der Waals surface area contributed by atoms with Crippen molar-refractivity contribution in [2.45, 2.75) is 77.2 Å². The predicted molar refractivity (Wildman–Crippen MR) is 126 cm³/mol. The molecule has 0 bridgehead atoms. The minimum absolute atomic E-state index is 0.641. The summed E-state index contributed by atoms with van der Waals surface area (Å²) in [5.41, 5.74) is 2.77. The quantitative estimate of drug-likeness (QED) is 0.232. The van der Waals surface area contributed by atoms with Crippen molar-refractivity contribution in [3.63, 3.8) is 0 Å². The van der Waals surface area contributed by atoms with Crippen LogP contribution >= 0.6 is 0 Å². The molecule has 0 radical (unpaired) electrons. The monoisotopic (exact) mass is 392 g/mol. The van der Waals surface area contributed by atoms with Gasteiger partial charge in [0.25, 0.3) is 0 Å². The van der Waals surface area contributed by atoms with Gasteiger partial charge in [-0.1, -0.05) is 94.0 Å². The fourth-order valence-electron chi connectivity index (χ4n) is 3.76. The van der Waals surface area contributed by atoms with Crippen LogP contribution in [0, 0.1) is 0 Å². The van der Waals surface area contributed by atoms with Gasteiger partial charge >= 0.3 is 0 Å². The summed E-state index contributed by atoms with van der Waals surface area (Å²) < 4.78 is 0. The molecule has 0 spiro atoms. The molecule has 158 valence electrons. The molecular weight excluding hydrogens is 352 g/mol. The van der Waals surface area contributed by atoms with Crippen LogP contribution in [-0.4, -0.2) is 23.5 Å². The third kappa shape index (κ3) is 11.0. The summed E-state index contributed by atoms with van der Waals surface area (Å²) in [6, 6.07) is 14.9. The first-order valence-electron chi connectivity index (χ1n) is 11.5. The van der Waals surface area contributed by atoms with Crippen LogP contribution in [0.3, 0.4) is 0 Å². The molecule has 0 fully saturated rings. The number of hydrogen-bond donors (Lipinski definition) is 0. The number of aromatic nitrogens is 1.